The second-order valence-electron chi connectivity index (χ2n) is 4.62. The summed E-state index contributed by atoms with van der Waals surface area (Å²) in [6.45, 7) is 2.53. The summed E-state index contributed by atoms with van der Waals surface area (Å²) in [4.78, 5) is 12.2. The first-order valence-corrected chi connectivity index (χ1v) is 8.19. The molecule has 0 atom stereocenters. The second-order valence-corrected chi connectivity index (χ2v) is 6.03. The molecule has 0 heterocycles. The first kappa shape index (κ1) is 15.3. The molecule has 0 aliphatic rings. The molecule has 0 unspecified atom stereocenters. The topological polar surface area (TPSA) is 29.1 Å². The van der Waals surface area contributed by atoms with E-state index in [1.54, 1.807) is 0 Å². The molecule has 2 nitrogen and oxygen atoms in total. The lowest BCUT2D eigenvalue weighted by atomic mass is 10.1. The van der Waals surface area contributed by atoms with Crippen LogP contribution in [-0.2, 0) is 11.9 Å². The van der Waals surface area contributed by atoms with Gasteiger partial charge in [-0.2, -0.15) is 0 Å². The third-order valence-corrected chi connectivity index (χ3v) is 4.27. The number of aryl methyl sites for hydroxylation is 1. The minimum Gasteiger partial charge on any atom is -0.348 e. The van der Waals surface area contributed by atoms with Crippen LogP contribution in [0.3, 0.4) is 0 Å². The fourth-order valence-corrected chi connectivity index (χ4v) is 2.93. The van der Waals surface area contributed by atoms with Gasteiger partial charge in [0.05, 0.1) is 5.56 Å². The van der Waals surface area contributed by atoms with Crippen molar-refractivity contribution in [2.45, 2.75) is 18.8 Å². The first-order valence-electron chi connectivity index (χ1n) is 6.28. The summed E-state index contributed by atoms with van der Waals surface area (Å²) in [7, 11) is 0. The van der Waals surface area contributed by atoms with Crippen molar-refractivity contribution in [3.8, 4) is 0 Å². The molecule has 104 valence electrons. The van der Waals surface area contributed by atoms with E-state index in [9.17, 15) is 4.79 Å². The highest BCUT2D eigenvalue weighted by atomic mass is 79.9. The van der Waals surface area contributed by atoms with Crippen molar-refractivity contribution in [1.82, 2.24) is 5.32 Å². The van der Waals surface area contributed by atoms with Gasteiger partial charge in [0.15, 0.2) is 0 Å². The second kappa shape index (κ2) is 7.04. The number of carbonyl (C=O) groups is 1. The summed E-state index contributed by atoms with van der Waals surface area (Å²) < 4.78 is 0.823. The van der Waals surface area contributed by atoms with Crippen LogP contribution < -0.4 is 5.32 Å². The Kier molecular flexibility index (Phi) is 5.38. The van der Waals surface area contributed by atoms with Crippen molar-refractivity contribution in [3.05, 3.63) is 69.2 Å². The lowest BCUT2D eigenvalue weighted by Gasteiger charge is -2.08. The molecular formula is C16H15Br2NO. The number of amides is 1. The third-order valence-electron chi connectivity index (χ3n) is 2.97. The fraction of sp³-hybridized carbons (Fsp3) is 0.188. The number of rotatable bonds is 4. The summed E-state index contributed by atoms with van der Waals surface area (Å²) >= 11 is 6.86. The molecule has 2 rings (SSSR count). The van der Waals surface area contributed by atoms with Gasteiger partial charge in [-0.1, -0.05) is 46.3 Å². The Morgan fingerprint density at radius 2 is 1.90 bits per heavy atom. The maximum absolute atomic E-state index is 12.2. The minimum absolute atomic E-state index is 0.0684. The molecule has 2 aromatic carbocycles. The highest BCUT2D eigenvalue weighted by Crippen LogP contribution is 2.18. The van der Waals surface area contributed by atoms with Crippen LogP contribution >= 0.6 is 31.9 Å². The van der Waals surface area contributed by atoms with Gasteiger partial charge in [-0.3, -0.25) is 4.79 Å². The van der Waals surface area contributed by atoms with Gasteiger partial charge in [0.1, 0.15) is 0 Å². The summed E-state index contributed by atoms with van der Waals surface area (Å²) in [5, 5.41) is 3.76. The summed E-state index contributed by atoms with van der Waals surface area (Å²) in [5.74, 6) is -0.0684. The Hall–Kier alpha value is -1.13. The van der Waals surface area contributed by atoms with Gasteiger partial charge < -0.3 is 5.32 Å². The zero-order chi connectivity index (χ0) is 14.5. The average molecular weight is 397 g/mol. The molecule has 0 aromatic heterocycles. The standard InChI is InChI=1S/C16H15Br2NO/c1-11-5-6-14(15(18)7-11)16(20)19-10-13-4-2-3-12(8-13)9-17/h2-8H,9-10H2,1H3,(H,19,20). The van der Waals surface area contributed by atoms with E-state index < -0.39 is 0 Å². The quantitative estimate of drug-likeness (QED) is 0.752. The van der Waals surface area contributed by atoms with Gasteiger partial charge in [-0.25, -0.2) is 0 Å². The molecule has 0 bridgehead atoms. The zero-order valence-corrected chi connectivity index (χ0v) is 14.3. The Balaban J connectivity index is 2.04. The van der Waals surface area contributed by atoms with Crippen LogP contribution in [0, 0.1) is 6.92 Å². The Morgan fingerprint density at radius 3 is 2.60 bits per heavy atom. The molecule has 1 amide bonds. The monoisotopic (exact) mass is 395 g/mol. The molecule has 0 radical (unpaired) electrons. The highest BCUT2D eigenvalue weighted by molar-refractivity contribution is 9.10. The van der Waals surface area contributed by atoms with E-state index in [2.05, 4.69) is 49.3 Å². The van der Waals surface area contributed by atoms with Crippen molar-refractivity contribution in [2.24, 2.45) is 0 Å². The maximum atomic E-state index is 12.2. The van der Waals surface area contributed by atoms with Crippen molar-refractivity contribution >= 4 is 37.8 Å². The van der Waals surface area contributed by atoms with Crippen LogP contribution in [0.5, 0.6) is 0 Å². The molecule has 0 fully saturated rings. The van der Waals surface area contributed by atoms with E-state index in [1.807, 2.05) is 37.3 Å². The number of alkyl halides is 1. The summed E-state index contributed by atoms with van der Waals surface area (Å²) in [6, 6.07) is 13.9. The van der Waals surface area contributed by atoms with E-state index >= 15 is 0 Å². The number of hydrogen-bond acceptors (Lipinski definition) is 1. The van der Waals surface area contributed by atoms with E-state index in [0.717, 1.165) is 20.9 Å². The van der Waals surface area contributed by atoms with Crippen molar-refractivity contribution < 1.29 is 4.79 Å². The van der Waals surface area contributed by atoms with Crippen LogP contribution in [-0.4, -0.2) is 5.91 Å². The average Bonchev–Trinajstić information content (AvgIpc) is 2.45. The van der Waals surface area contributed by atoms with Gasteiger partial charge in [0.2, 0.25) is 0 Å². The maximum Gasteiger partial charge on any atom is 0.252 e. The largest absolute Gasteiger partial charge is 0.348 e. The van der Waals surface area contributed by atoms with Gasteiger partial charge in [-0.05, 0) is 51.7 Å². The lowest BCUT2D eigenvalue weighted by molar-refractivity contribution is 0.0950. The zero-order valence-electron chi connectivity index (χ0n) is 11.1. The van der Waals surface area contributed by atoms with Crippen molar-refractivity contribution in [2.75, 3.05) is 0 Å². The molecule has 0 saturated heterocycles. The number of halogens is 2. The van der Waals surface area contributed by atoms with Crippen molar-refractivity contribution in [3.63, 3.8) is 0 Å². The molecular weight excluding hydrogens is 382 g/mol. The number of nitrogens with one attached hydrogen (secondary N) is 1. The van der Waals surface area contributed by atoms with E-state index in [-0.39, 0.29) is 5.91 Å². The van der Waals surface area contributed by atoms with Crippen LogP contribution in [0.1, 0.15) is 27.0 Å². The summed E-state index contributed by atoms with van der Waals surface area (Å²) in [5.41, 5.74) is 4.08. The van der Waals surface area contributed by atoms with E-state index in [0.29, 0.717) is 12.1 Å². The molecule has 0 saturated carbocycles. The predicted molar refractivity (Wildman–Crippen MR) is 89.1 cm³/mol. The molecule has 0 aliphatic heterocycles. The Labute approximate surface area is 135 Å². The van der Waals surface area contributed by atoms with Crippen LogP contribution in [0.4, 0.5) is 0 Å². The fourth-order valence-electron chi connectivity index (χ4n) is 1.90. The van der Waals surface area contributed by atoms with Gasteiger partial charge in [-0.15, -0.1) is 0 Å². The Morgan fingerprint density at radius 1 is 1.15 bits per heavy atom. The number of hydrogen-bond donors (Lipinski definition) is 1. The molecule has 0 aliphatic carbocycles. The molecule has 1 N–H and O–H groups in total. The third kappa shape index (κ3) is 3.93. The number of carbonyl (C=O) groups excluding carboxylic acids is 1. The minimum atomic E-state index is -0.0684. The van der Waals surface area contributed by atoms with Gasteiger partial charge in [0, 0.05) is 16.3 Å². The predicted octanol–water partition coefficient (Wildman–Crippen LogP) is 4.58. The molecule has 0 spiro atoms. The van der Waals surface area contributed by atoms with Gasteiger partial charge >= 0.3 is 0 Å². The smallest absolute Gasteiger partial charge is 0.252 e. The van der Waals surface area contributed by atoms with Gasteiger partial charge in [0.25, 0.3) is 5.91 Å². The van der Waals surface area contributed by atoms with Crippen LogP contribution in [0.2, 0.25) is 0 Å². The van der Waals surface area contributed by atoms with Crippen LogP contribution in [0.15, 0.2) is 46.9 Å². The Bertz CT molecular complexity index is 626. The lowest BCUT2D eigenvalue weighted by Crippen LogP contribution is -2.23. The first-order chi connectivity index (χ1) is 9.60. The molecule has 20 heavy (non-hydrogen) atoms. The van der Waals surface area contributed by atoms with Crippen molar-refractivity contribution in [1.29, 1.82) is 0 Å². The molecule has 4 heteroatoms. The SMILES string of the molecule is Cc1ccc(C(=O)NCc2cccc(CBr)c2)c(Br)c1. The molecule has 2 aromatic rings. The number of benzene rings is 2. The highest BCUT2D eigenvalue weighted by Gasteiger charge is 2.09. The summed E-state index contributed by atoms with van der Waals surface area (Å²) in [6.07, 6.45) is 0. The van der Waals surface area contributed by atoms with Crippen LogP contribution in [0.25, 0.3) is 0 Å². The normalized spacial score (nSPS) is 10.3. The van der Waals surface area contributed by atoms with E-state index in [1.165, 1.54) is 5.56 Å². The van der Waals surface area contributed by atoms with E-state index in [4.69, 9.17) is 0 Å².